The van der Waals surface area contributed by atoms with Crippen LogP contribution in [0.15, 0.2) is 18.2 Å². The molecule has 3 rings (SSSR count). The van der Waals surface area contributed by atoms with E-state index in [-0.39, 0.29) is 18.2 Å². The van der Waals surface area contributed by atoms with Gasteiger partial charge in [0.1, 0.15) is 0 Å². The van der Waals surface area contributed by atoms with Crippen molar-refractivity contribution in [1.29, 1.82) is 0 Å². The van der Waals surface area contributed by atoms with Gasteiger partial charge in [-0.1, -0.05) is 12.1 Å². The SMILES string of the molecule is C[C@H]1CN[C@H]2c3ccc(C(F)(F)C(F)(F)F)cc3C[C@H]2O1. The zero-order chi connectivity index (χ0) is 15.4. The van der Waals surface area contributed by atoms with Crippen LogP contribution < -0.4 is 5.32 Å². The van der Waals surface area contributed by atoms with Crippen molar-refractivity contribution in [2.75, 3.05) is 6.54 Å². The molecule has 3 atom stereocenters. The second-order valence-corrected chi connectivity index (χ2v) is 5.56. The fraction of sp³-hybridized carbons (Fsp3) is 0.571. The van der Waals surface area contributed by atoms with E-state index in [1.807, 2.05) is 6.92 Å². The number of alkyl halides is 5. The summed E-state index contributed by atoms with van der Waals surface area (Å²) in [5, 5.41) is 3.24. The molecular formula is C14H14F5NO. The third-order valence-corrected chi connectivity index (χ3v) is 4.02. The molecule has 116 valence electrons. The molecule has 1 aliphatic carbocycles. The minimum absolute atomic E-state index is 0.00310. The molecule has 1 aromatic carbocycles. The van der Waals surface area contributed by atoms with Crippen molar-refractivity contribution in [2.45, 2.75) is 43.7 Å². The molecule has 1 saturated heterocycles. The Bertz CT molecular complexity index is 557. The molecule has 0 aromatic heterocycles. The molecule has 2 aliphatic rings. The Morgan fingerprint density at radius 3 is 2.57 bits per heavy atom. The van der Waals surface area contributed by atoms with Crippen molar-refractivity contribution in [3.63, 3.8) is 0 Å². The Labute approximate surface area is 118 Å². The monoisotopic (exact) mass is 307 g/mol. The molecule has 0 radical (unpaired) electrons. The number of benzene rings is 1. The molecule has 1 aromatic rings. The van der Waals surface area contributed by atoms with E-state index in [2.05, 4.69) is 5.32 Å². The number of hydrogen-bond donors (Lipinski definition) is 1. The van der Waals surface area contributed by atoms with Crippen LogP contribution >= 0.6 is 0 Å². The van der Waals surface area contributed by atoms with Crippen molar-refractivity contribution >= 4 is 0 Å². The minimum Gasteiger partial charge on any atom is -0.372 e. The van der Waals surface area contributed by atoms with Gasteiger partial charge in [-0.05, 0) is 24.1 Å². The first-order valence-corrected chi connectivity index (χ1v) is 6.67. The van der Waals surface area contributed by atoms with Crippen LogP contribution in [-0.4, -0.2) is 24.9 Å². The fourth-order valence-electron chi connectivity index (χ4n) is 2.99. The quantitative estimate of drug-likeness (QED) is 0.804. The molecule has 21 heavy (non-hydrogen) atoms. The van der Waals surface area contributed by atoms with Crippen molar-refractivity contribution in [1.82, 2.24) is 5.32 Å². The summed E-state index contributed by atoms with van der Waals surface area (Å²) in [4.78, 5) is 0. The summed E-state index contributed by atoms with van der Waals surface area (Å²) in [6.45, 7) is 2.51. The lowest BCUT2D eigenvalue weighted by molar-refractivity contribution is -0.289. The highest BCUT2D eigenvalue weighted by Gasteiger charge is 2.59. The summed E-state index contributed by atoms with van der Waals surface area (Å²) in [5.41, 5.74) is 0.224. The zero-order valence-electron chi connectivity index (χ0n) is 11.2. The summed E-state index contributed by atoms with van der Waals surface area (Å²) < 4.78 is 69.8. The molecule has 0 unspecified atom stereocenters. The molecule has 2 nitrogen and oxygen atoms in total. The third kappa shape index (κ3) is 2.32. The smallest absolute Gasteiger partial charge is 0.372 e. The topological polar surface area (TPSA) is 21.3 Å². The minimum atomic E-state index is -5.59. The number of morpholine rings is 1. The maximum absolute atomic E-state index is 13.4. The lowest BCUT2D eigenvalue weighted by atomic mass is 10.0. The highest BCUT2D eigenvalue weighted by Crippen LogP contribution is 2.46. The van der Waals surface area contributed by atoms with Gasteiger partial charge in [-0.3, -0.25) is 0 Å². The first-order chi connectivity index (χ1) is 9.70. The first kappa shape index (κ1) is 14.7. The highest BCUT2D eigenvalue weighted by atomic mass is 19.4. The molecule has 0 spiro atoms. The Morgan fingerprint density at radius 2 is 1.90 bits per heavy atom. The summed E-state index contributed by atoms with van der Waals surface area (Å²) >= 11 is 0. The molecule has 0 amide bonds. The summed E-state index contributed by atoms with van der Waals surface area (Å²) in [5.74, 6) is -4.84. The zero-order valence-corrected chi connectivity index (χ0v) is 11.2. The number of fused-ring (bicyclic) bond motifs is 3. The van der Waals surface area contributed by atoms with Gasteiger partial charge < -0.3 is 10.1 Å². The van der Waals surface area contributed by atoms with Crippen LogP contribution in [0.1, 0.15) is 29.7 Å². The molecule has 1 N–H and O–H groups in total. The van der Waals surface area contributed by atoms with Crippen LogP contribution in [0.2, 0.25) is 0 Å². The van der Waals surface area contributed by atoms with Gasteiger partial charge >= 0.3 is 12.1 Å². The van der Waals surface area contributed by atoms with Crippen LogP contribution in [0, 0.1) is 0 Å². The molecule has 1 heterocycles. The first-order valence-electron chi connectivity index (χ1n) is 6.67. The van der Waals surface area contributed by atoms with Crippen LogP contribution in [-0.2, 0) is 17.1 Å². The number of ether oxygens (including phenoxy) is 1. The van der Waals surface area contributed by atoms with Crippen LogP contribution in [0.25, 0.3) is 0 Å². The second-order valence-electron chi connectivity index (χ2n) is 5.56. The van der Waals surface area contributed by atoms with E-state index in [0.29, 0.717) is 18.5 Å². The molecule has 7 heteroatoms. The van der Waals surface area contributed by atoms with E-state index in [1.54, 1.807) is 0 Å². The lowest BCUT2D eigenvalue weighted by Crippen LogP contribution is -2.44. The van der Waals surface area contributed by atoms with E-state index in [4.69, 9.17) is 4.74 Å². The molecule has 1 aliphatic heterocycles. The molecule has 0 bridgehead atoms. The van der Waals surface area contributed by atoms with Crippen LogP contribution in [0.5, 0.6) is 0 Å². The van der Waals surface area contributed by atoms with E-state index in [9.17, 15) is 22.0 Å². The summed E-state index contributed by atoms with van der Waals surface area (Å²) in [7, 11) is 0. The maximum Gasteiger partial charge on any atom is 0.458 e. The maximum atomic E-state index is 13.4. The van der Waals surface area contributed by atoms with Crippen molar-refractivity contribution in [3.8, 4) is 0 Å². The average Bonchev–Trinajstić information content (AvgIpc) is 2.73. The third-order valence-electron chi connectivity index (χ3n) is 4.02. The van der Waals surface area contributed by atoms with Gasteiger partial charge in [0.15, 0.2) is 0 Å². The van der Waals surface area contributed by atoms with Crippen molar-refractivity contribution in [3.05, 3.63) is 34.9 Å². The predicted octanol–water partition coefficient (Wildman–Crippen LogP) is 3.31. The van der Waals surface area contributed by atoms with E-state index >= 15 is 0 Å². The van der Waals surface area contributed by atoms with Crippen LogP contribution in [0.4, 0.5) is 22.0 Å². The normalized spacial score (nSPS) is 29.1. The Balaban J connectivity index is 1.93. The predicted molar refractivity (Wildman–Crippen MR) is 65.2 cm³/mol. The van der Waals surface area contributed by atoms with Gasteiger partial charge in [0, 0.05) is 18.5 Å². The van der Waals surface area contributed by atoms with E-state index in [1.165, 1.54) is 6.07 Å². The lowest BCUT2D eigenvalue weighted by Gasteiger charge is -2.32. The van der Waals surface area contributed by atoms with Gasteiger partial charge in [-0.25, -0.2) is 0 Å². The Hall–Kier alpha value is -1.21. The standard InChI is InChI=1S/C14H14F5NO/c1-7-6-20-12-10-3-2-9(13(15,16)14(17,18)19)4-8(10)5-11(12)21-7/h2-4,7,11-12,20H,5-6H2,1H3/t7-,11+,12-/m0/s1. The van der Waals surface area contributed by atoms with Gasteiger partial charge in [0.2, 0.25) is 0 Å². The van der Waals surface area contributed by atoms with Gasteiger partial charge in [-0.15, -0.1) is 0 Å². The number of nitrogens with one attached hydrogen (secondary N) is 1. The number of hydrogen-bond acceptors (Lipinski definition) is 2. The second kappa shape index (κ2) is 4.64. The van der Waals surface area contributed by atoms with Crippen molar-refractivity contribution in [2.24, 2.45) is 0 Å². The molecule has 0 saturated carbocycles. The van der Waals surface area contributed by atoms with Crippen LogP contribution in [0.3, 0.4) is 0 Å². The number of halogens is 5. The van der Waals surface area contributed by atoms with Gasteiger partial charge in [0.05, 0.1) is 18.2 Å². The Morgan fingerprint density at radius 1 is 1.19 bits per heavy atom. The van der Waals surface area contributed by atoms with Crippen molar-refractivity contribution < 1.29 is 26.7 Å². The van der Waals surface area contributed by atoms with Gasteiger partial charge in [-0.2, -0.15) is 22.0 Å². The molecule has 1 fully saturated rings. The summed E-state index contributed by atoms with van der Waals surface area (Å²) in [6.07, 6.45) is -5.45. The average molecular weight is 307 g/mol. The van der Waals surface area contributed by atoms with E-state index in [0.717, 1.165) is 17.7 Å². The van der Waals surface area contributed by atoms with E-state index < -0.39 is 17.7 Å². The largest absolute Gasteiger partial charge is 0.458 e. The summed E-state index contributed by atoms with van der Waals surface area (Å²) in [6, 6.07) is 3.02. The molecular weight excluding hydrogens is 293 g/mol. The Kier molecular flexibility index (Phi) is 3.25. The highest BCUT2D eigenvalue weighted by molar-refractivity contribution is 5.41. The number of rotatable bonds is 1. The van der Waals surface area contributed by atoms with Gasteiger partial charge in [0.25, 0.3) is 0 Å². The fourth-order valence-corrected chi connectivity index (χ4v) is 2.99.